The van der Waals surface area contributed by atoms with Gasteiger partial charge >= 0.3 is 0 Å². The first-order chi connectivity index (χ1) is 16.4. The third-order valence-electron chi connectivity index (χ3n) is 5.29. The molecule has 7 heteroatoms. The van der Waals surface area contributed by atoms with Crippen LogP contribution in [0.5, 0.6) is 0 Å². The quantitative estimate of drug-likeness (QED) is 0.240. The zero-order valence-corrected chi connectivity index (χ0v) is 19.8. The van der Waals surface area contributed by atoms with E-state index in [9.17, 15) is 9.59 Å². The van der Waals surface area contributed by atoms with E-state index in [-0.39, 0.29) is 23.3 Å². The maximum Gasteiger partial charge on any atom is 0.257 e. The lowest BCUT2D eigenvalue weighted by atomic mass is 10.0. The van der Waals surface area contributed by atoms with E-state index in [2.05, 4.69) is 15.8 Å². The van der Waals surface area contributed by atoms with Crippen LogP contribution in [0.3, 0.4) is 0 Å². The van der Waals surface area contributed by atoms with Gasteiger partial charge < -0.3 is 5.32 Å². The van der Waals surface area contributed by atoms with E-state index < -0.39 is 0 Å². The molecule has 170 valence electrons. The summed E-state index contributed by atoms with van der Waals surface area (Å²) in [7, 11) is 0. The lowest BCUT2D eigenvalue weighted by molar-refractivity contribution is -0.120. The third-order valence-corrected chi connectivity index (χ3v) is 5.84. The Bertz CT molecular complexity index is 1410. The standard InChI is InChI=1S/C27H21Cl2N3O2/c1-17(31-32-26(33)15-20-9-4-7-18-6-2-3-11-23(18)20)19-8-5-10-22(14-19)30-27(34)24-13-12-21(28)16-25(24)29/h2-14,16H,15H2,1H3,(H,30,34)(H,32,33)/b31-17-. The van der Waals surface area contributed by atoms with Crippen molar-refractivity contribution >= 4 is 57.2 Å². The Hall–Kier alpha value is -3.67. The van der Waals surface area contributed by atoms with Gasteiger partial charge in [0.1, 0.15) is 0 Å². The third kappa shape index (κ3) is 5.63. The van der Waals surface area contributed by atoms with Crippen LogP contribution in [0.2, 0.25) is 10.0 Å². The van der Waals surface area contributed by atoms with Crippen LogP contribution in [0.25, 0.3) is 10.8 Å². The molecule has 0 saturated carbocycles. The number of anilines is 1. The number of amides is 2. The minimum absolute atomic E-state index is 0.211. The molecule has 0 unspecified atom stereocenters. The van der Waals surface area contributed by atoms with Crippen molar-refractivity contribution in [1.29, 1.82) is 0 Å². The van der Waals surface area contributed by atoms with Crippen molar-refractivity contribution in [2.45, 2.75) is 13.3 Å². The molecule has 0 spiro atoms. The van der Waals surface area contributed by atoms with Gasteiger partial charge in [-0.15, -0.1) is 0 Å². The van der Waals surface area contributed by atoms with E-state index in [1.54, 1.807) is 37.3 Å². The van der Waals surface area contributed by atoms with Crippen molar-refractivity contribution in [2.24, 2.45) is 5.10 Å². The molecule has 0 radical (unpaired) electrons. The highest BCUT2D eigenvalue weighted by molar-refractivity contribution is 6.37. The molecule has 0 heterocycles. The van der Waals surface area contributed by atoms with Gasteiger partial charge in [0.15, 0.2) is 0 Å². The molecule has 2 N–H and O–H groups in total. The molecule has 4 rings (SSSR count). The number of fused-ring (bicyclic) bond motifs is 1. The maximum absolute atomic E-state index is 12.6. The molecular formula is C27H21Cl2N3O2. The fraction of sp³-hybridized carbons (Fsp3) is 0.0741. The second kappa shape index (κ2) is 10.5. The van der Waals surface area contributed by atoms with Gasteiger partial charge in [-0.25, -0.2) is 5.43 Å². The lowest BCUT2D eigenvalue weighted by Crippen LogP contribution is -2.21. The van der Waals surface area contributed by atoms with Crippen molar-refractivity contribution < 1.29 is 9.59 Å². The molecule has 5 nitrogen and oxygen atoms in total. The fourth-order valence-electron chi connectivity index (χ4n) is 3.56. The second-order valence-electron chi connectivity index (χ2n) is 7.71. The van der Waals surface area contributed by atoms with Crippen molar-refractivity contribution in [3.05, 3.63) is 112 Å². The Labute approximate surface area is 207 Å². The normalized spacial score (nSPS) is 11.3. The second-order valence-corrected chi connectivity index (χ2v) is 8.55. The highest BCUT2D eigenvalue weighted by Crippen LogP contribution is 2.23. The Morgan fingerprint density at radius 3 is 2.47 bits per heavy atom. The predicted octanol–water partition coefficient (Wildman–Crippen LogP) is 6.48. The van der Waals surface area contributed by atoms with Crippen LogP contribution in [0.1, 0.15) is 28.4 Å². The summed E-state index contributed by atoms with van der Waals surface area (Å²) in [6.07, 6.45) is 0.218. The SMILES string of the molecule is C/C(=N/NC(=O)Cc1cccc2ccccc12)c1cccc(NC(=O)c2ccc(Cl)cc2Cl)c1. The predicted molar refractivity (Wildman–Crippen MR) is 139 cm³/mol. The Morgan fingerprint density at radius 1 is 0.882 bits per heavy atom. The summed E-state index contributed by atoms with van der Waals surface area (Å²) in [5.41, 5.74) is 5.82. The van der Waals surface area contributed by atoms with E-state index in [1.165, 1.54) is 6.07 Å². The lowest BCUT2D eigenvalue weighted by Gasteiger charge is -2.09. The van der Waals surface area contributed by atoms with Crippen LogP contribution in [-0.4, -0.2) is 17.5 Å². The van der Waals surface area contributed by atoms with Gasteiger partial charge in [0.05, 0.1) is 22.7 Å². The Kier molecular flexibility index (Phi) is 7.26. The number of carbonyl (C=O) groups is 2. The summed E-state index contributed by atoms with van der Waals surface area (Å²) in [5.74, 6) is -0.561. The van der Waals surface area contributed by atoms with Crippen molar-refractivity contribution in [1.82, 2.24) is 5.43 Å². The highest BCUT2D eigenvalue weighted by atomic mass is 35.5. The van der Waals surface area contributed by atoms with Gasteiger partial charge in [-0.3, -0.25) is 9.59 Å². The molecular weight excluding hydrogens is 469 g/mol. The number of rotatable bonds is 6. The smallest absolute Gasteiger partial charge is 0.257 e. The molecule has 4 aromatic carbocycles. The summed E-state index contributed by atoms with van der Waals surface area (Å²) >= 11 is 12.0. The topological polar surface area (TPSA) is 70.6 Å². The first-order valence-corrected chi connectivity index (χ1v) is 11.3. The summed E-state index contributed by atoms with van der Waals surface area (Å²) in [6.45, 7) is 1.79. The van der Waals surface area contributed by atoms with Gasteiger partial charge in [0, 0.05) is 10.7 Å². The summed E-state index contributed by atoms with van der Waals surface area (Å²) < 4.78 is 0. The highest BCUT2D eigenvalue weighted by Gasteiger charge is 2.12. The fourth-order valence-corrected chi connectivity index (χ4v) is 4.06. The summed E-state index contributed by atoms with van der Waals surface area (Å²) in [5, 5.41) is 9.92. The minimum Gasteiger partial charge on any atom is -0.322 e. The number of hydrazone groups is 1. The van der Waals surface area contributed by atoms with Crippen LogP contribution < -0.4 is 10.7 Å². The molecule has 0 aromatic heterocycles. The van der Waals surface area contributed by atoms with Gasteiger partial charge in [-0.05, 0) is 59.2 Å². The van der Waals surface area contributed by atoms with Crippen molar-refractivity contribution in [3.63, 3.8) is 0 Å². The number of nitrogens with one attached hydrogen (secondary N) is 2. The van der Waals surface area contributed by atoms with Crippen LogP contribution in [-0.2, 0) is 11.2 Å². The number of nitrogens with zero attached hydrogens (tertiary/aromatic N) is 1. The van der Waals surface area contributed by atoms with E-state index in [0.29, 0.717) is 22.0 Å². The molecule has 0 aliphatic carbocycles. The zero-order chi connectivity index (χ0) is 24.1. The minimum atomic E-state index is -0.350. The van der Waals surface area contributed by atoms with E-state index in [4.69, 9.17) is 23.2 Å². The van der Waals surface area contributed by atoms with Gasteiger partial charge in [-0.1, -0.05) is 77.8 Å². The largest absolute Gasteiger partial charge is 0.322 e. The Morgan fingerprint density at radius 2 is 1.65 bits per heavy atom. The van der Waals surface area contributed by atoms with Gasteiger partial charge in [0.25, 0.3) is 5.91 Å². The average Bonchev–Trinajstić information content (AvgIpc) is 2.83. The number of benzene rings is 4. The average molecular weight is 490 g/mol. The van der Waals surface area contributed by atoms with E-state index >= 15 is 0 Å². The molecule has 34 heavy (non-hydrogen) atoms. The monoisotopic (exact) mass is 489 g/mol. The molecule has 0 bridgehead atoms. The molecule has 0 saturated heterocycles. The molecule has 0 aliphatic heterocycles. The summed E-state index contributed by atoms with van der Waals surface area (Å²) in [6, 6.07) is 25.7. The Balaban J connectivity index is 1.43. The number of hydrogen-bond donors (Lipinski definition) is 2. The number of carbonyl (C=O) groups excluding carboxylic acids is 2. The van der Waals surface area contributed by atoms with E-state index in [1.807, 2.05) is 48.5 Å². The molecule has 4 aromatic rings. The van der Waals surface area contributed by atoms with Crippen molar-refractivity contribution in [2.75, 3.05) is 5.32 Å². The van der Waals surface area contributed by atoms with Crippen LogP contribution in [0.4, 0.5) is 5.69 Å². The first kappa shape index (κ1) is 23.5. The van der Waals surface area contributed by atoms with Crippen LogP contribution >= 0.6 is 23.2 Å². The number of halogens is 2. The van der Waals surface area contributed by atoms with Crippen LogP contribution in [0.15, 0.2) is 90.0 Å². The molecule has 2 amide bonds. The molecule has 0 aliphatic rings. The zero-order valence-electron chi connectivity index (χ0n) is 18.3. The molecule has 0 fully saturated rings. The van der Waals surface area contributed by atoms with Gasteiger partial charge in [0.2, 0.25) is 5.91 Å². The maximum atomic E-state index is 12.6. The van der Waals surface area contributed by atoms with E-state index in [0.717, 1.165) is 21.9 Å². The van der Waals surface area contributed by atoms with Gasteiger partial charge in [-0.2, -0.15) is 5.10 Å². The van der Waals surface area contributed by atoms with Crippen molar-refractivity contribution in [3.8, 4) is 0 Å². The molecule has 0 atom stereocenters. The number of hydrogen-bond acceptors (Lipinski definition) is 3. The summed E-state index contributed by atoms with van der Waals surface area (Å²) in [4.78, 5) is 25.1. The first-order valence-electron chi connectivity index (χ1n) is 10.6. The van der Waals surface area contributed by atoms with Crippen LogP contribution in [0, 0.1) is 0 Å².